The van der Waals surface area contributed by atoms with Gasteiger partial charge in [-0.1, -0.05) is 96.5 Å². The third kappa shape index (κ3) is 2.76. The van der Waals surface area contributed by atoms with Crippen LogP contribution < -0.4 is 15.7 Å². The fourth-order valence-electron chi connectivity index (χ4n) is 5.28. The van der Waals surface area contributed by atoms with Crippen molar-refractivity contribution >= 4 is 51.1 Å². The van der Waals surface area contributed by atoms with Gasteiger partial charge in [0.15, 0.2) is 0 Å². The van der Waals surface area contributed by atoms with Crippen molar-refractivity contribution in [2.75, 3.05) is 4.81 Å². The lowest BCUT2D eigenvalue weighted by molar-refractivity contribution is 0.669. The van der Waals surface area contributed by atoms with E-state index in [0.29, 0.717) is 0 Å². The summed E-state index contributed by atoms with van der Waals surface area (Å²) in [5.41, 5.74) is 9.28. The number of rotatable bonds is 2. The van der Waals surface area contributed by atoms with Crippen LogP contribution in [0.4, 0.5) is 11.4 Å². The Balaban J connectivity index is 1.60. The lowest BCUT2D eigenvalue weighted by Crippen LogP contribution is -2.57. The van der Waals surface area contributed by atoms with Crippen LogP contribution in [0.3, 0.4) is 0 Å². The van der Waals surface area contributed by atoms with Gasteiger partial charge in [0.25, 0.3) is 0 Å². The minimum atomic E-state index is 0.0524. The highest BCUT2D eigenvalue weighted by molar-refractivity contribution is 6.91. The van der Waals surface area contributed by atoms with Gasteiger partial charge in [-0.05, 0) is 41.4 Å². The van der Waals surface area contributed by atoms with Crippen molar-refractivity contribution in [3.63, 3.8) is 0 Å². The number of hydrogen-bond acceptors (Lipinski definition) is 2. The Kier molecular flexibility index (Phi) is 3.97. The Morgan fingerprint density at radius 1 is 0.545 bits per heavy atom. The summed E-state index contributed by atoms with van der Waals surface area (Å²) in [7, 11) is 0. The topological polar surface area (TPSA) is 16.4 Å². The molecular formula is C30H20BNO. The molecule has 2 nitrogen and oxygen atoms in total. The van der Waals surface area contributed by atoms with Crippen molar-refractivity contribution in [2.45, 2.75) is 0 Å². The molecule has 0 aliphatic carbocycles. The van der Waals surface area contributed by atoms with E-state index < -0.39 is 0 Å². The second kappa shape index (κ2) is 7.14. The van der Waals surface area contributed by atoms with Crippen LogP contribution in [0.2, 0.25) is 0 Å². The van der Waals surface area contributed by atoms with Gasteiger partial charge in [0, 0.05) is 27.7 Å². The molecule has 0 saturated carbocycles. The monoisotopic (exact) mass is 421 g/mol. The van der Waals surface area contributed by atoms with E-state index in [9.17, 15) is 0 Å². The van der Waals surface area contributed by atoms with Gasteiger partial charge in [0.2, 0.25) is 0 Å². The molecule has 0 atom stereocenters. The summed E-state index contributed by atoms with van der Waals surface area (Å²) in [5.74, 6) is 0. The van der Waals surface area contributed by atoms with Crippen molar-refractivity contribution in [1.29, 1.82) is 0 Å². The molecule has 0 N–H and O–H groups in total. The molecule has 3 heteroatoms. The molecule has 0 saturated heterocycles. The predicted octanol–water partition coefficient (Wildman–Crippen LogP) is 6.51. The van der Waals surface area contributed by atoms with Gasteiger partial charge in [-0.2, -0.15) is 0 Å². The average Bonchev–Trinajstić information content (AvgIpc) is 3.25. The second-order valence-electron chi connectivity index (χ2n) is 8.57. The molecule has 0 bridgehead atoms. The second-order valence-corrected chi connectivity index (χ2v) is 8.57. The van der Waals surface area contributed by atoms with Crippen LogP contribution in [0.5, 0.6) is 0 Å². The standard InChI is InChI=1S/C30H20BNO/c1-3-11-21(12-4-1)31-27-19-26-24-16-8-10-18-29(24)33-30(26)20-25(27)23-15-7-9-17-28(23)32(31)22-13-5-2-6-14-22/h1-20H. The zero-order chi connectivity index (χ0) is 21.8. The number of fused-ring (bicyclic) bond motifs is 6. The molecule has 2 heterocycles. The number of furan rings is 1. The Labute approximate surface area is 192 Å². The van der Waals surface area contributed by atoms with Gasteiger partial charge in [0.1, 0.15) is 11.2 Å². The van der Waals surface area contributed by atoms with Crippen LogP contribution in [-0.2, 0) is 0 Å². The van der Waals surface area contributed by atoms with Crippen molar-refractivity contribution in [1.82, 2.24) is 0 Å². The Bertz CT molecular complexity index is 1620. The molecule has 154 valence electrons. The smallest absolute Gasteiger partial charge is 0.328 e. The van der Waals surface area contributed by atoms with E-state index in [1.54, 1.807) is 0 Å². The normalized spacial score (nSPS) is 12.7. The highest BCUT2D eigenvalue weighted by Gasteiger charge is 2.37. The van der Waals surface area contributed by atoms with Gasteiger partial charge in [-0.25, -0.2) is 0 Å². The number of nitrogens with zero attached hydrogens (tertiary/aromatic N) is 1. The molecule has 6 aromatic rings. The molecule has 5 aromatic carbocycles. The number of para-hydroxylation sites is 3. The maximum atomic E-state index is 6.27. The van der Waals surface area contributed by atoms with Crippen molar-refractivity contribution < 1.29 is 4.42 Å². The largest absolute Gasteiger partial charge is 0.456 e. The summed E-state index contributed by atoms with van der Waals surface area (Å²) in [5, 5.41) is 2.32. The van der Waals surface area contributed by atoms with Crippen LogP contribution in [0.15, 0.2) is 126 Å². The Morgan fingerprint density at radius 3 is 2.09 bits per heavy atom. The van der Waals surface area contributed by atoms with Crippen molar-refractivity contribution in [3.8, 4) is 11.1 Å². The van der Waals surface area contributed by atoms with E-state index in [-0.39, 0.29) is 6.85 Å². The van der Waals surface area contributed by atoms with Crippen LogP contribution in [0.25, 0.3) is 33.1 Å². The number of benzene rings is 5. The van der Waals surface area contributed by atoms with E-state index in [1.807, 2.05) is 12.1 Å². The van der Waals surface area contributed by atoms with Gasteiger partial charge < -0.3 is 9.23 Å². The first-order valence-electron chi connectivity index (χ1n) is 11.3. The van der Waals surface area contributed by atoms with E-state index in [4.69, 9.17) is 4.42 Å². The summed E-state index contributed by atoms with van der Waals surface area (Å²) in [6.07, 6.45) is 0. The molecule has 0 fully saturated rings. The molecule has 1 aromatic heterocycles. The molecular weight excluding hydrogens is 401 g/mol. The Morgan fingerprint density at radius 2 is 1.24 bits per heavy atom. The maximum absolute atomic E-state index is 6.27. The zero-order valence-electron chi connectivity index (χ0n) is 18.0. The minimum absolute atomic E-state index is 0.0524. The van der Waals surface area contributed by atoms with Crippen LogP contribution in [0.1, 0.15) is 0 Å². The first-order chi connectivity index (χ1) is 16.4. The molecule has 1 aliphatic rings. The maximum Gasteiger partial charge on any atom is 0.328 e. The molecule has 0 unspecified atom stereocenters. The SMILES string of the molecule is c1ccc(B2c3cc4c(cc3-c3ccccc3N2c2ccccc2)oc2ccccc24)cc1. The molecule has 33 heavy (non-hydrogen) atoms. The summed E-state index contributed by atoms with van der Waals surface area (Å²) in [6.45, 7) is 0.0524. The van der Waals surface area contributed by atoms with Gasteiger partial charge in [0.05, 0.1) is 0 Å². The fraction of sp³-hybridized carbons (Fsp3) is 0. The summed E-state index contributed by atoms with van der Waals surface area (Å²) in [4.78, 5) is 2.47. The first-order valence-corrected chi connectivity index (χ1v) is 11.3. The Hall–Kier alpha value is -4.24. The number of anilines is 2. The van der Waals surface area contributed by atoms with Crippen molar-refractivity contribution in [3.05, 3.63) is 121 Å². The zero-order valence-corrected chi connectivity index (χ0v) is 18.0. The van der Waals surface area contributed by atoms with E-state index in [2.05, 4.69) is 114 Å². The van der Waals surface area contributed by atoms with Crippen LogP contribution in [0, 0.1) is 0 Å². The quantitative estimate of drug-likeness (QED) is 0.297. The van der Waals surface area contributed by atoms with E-state index >= 15 is 0 Å². The lowest BCUT2D eigenvalue weighted by Gasteiger charge is -2.39. The number of hydrogen-bond donors (Lipinski definition) is 0. The first kappa shape index (κ1) is 18.3. The summed E-state index contributed by atoms with van der Waals surface area (Å²) < 4.78 is 6.27. The third-order valence-corrected chi connectivity index (χ3v) is 6.71. The highest BCUT2D eigenvalue weighted by atomic mass is 16.3. The highest BCUT2D eigenvalue weighted by Crippen LogP contribution is 2.41. The van der Waals surface area contributed by atoms with Gasteiger partial charge >= 0.3 is 6.85 Å². The van der Waals surface area contributed by atoms with E-state index in [0.717, 1.165) is 21.9 Å². The van der Waals surface area contributed by atoms with Gasteiger partial charge in [-0.15, -0.1) is 0 Å². The lowest BCUT2D eigenvalue weighted by atomic mass is 9.45. The van der Waals surface area contributed by atoms with Crippen molar-refractivity contribution in [2.24, 2.45) is 0 Å². The average molecular weight is 421 g/mol. The fourth-order valence-corrected chi connectivity index (χ4v) is 5.28. The molecule has 0 amide bonds. The molecule has 1 aliphatic heterocycles. The third-order valence-electron chi connectivity index (χ3n) is 6.71. The van der Waals surface area contributed by atoms with Crippen LogP contribution >= 0.6 is 0 Å². The molecule has 0 radical (unpaired) electrons. The predicted molar refractivity (Wildman–Crippen MR) is 139 cm³/mol. The van der Waals surface area contributed by atoms with Gasteiger partial charge in [-0.3, -0.25) is 0 Å². The molecule has 0 spiro atoms. The van der Waals surface area contributed by atoms with E-state index in [1.165, 1.54) is 33.4 Å². The van der Waals surface area contributed by atoms with Crippen LogP contribution in [-0.4, -0.2) is 6.85 Å². The molecule has 7 rings (SSSR count). The summed E-state index contributed by atoms with van der Waals surface area (Å²) in [6, 6.07) is 43.1. The minimum Gasteiger partial charge on any atom is -0.456 e. The summed E-state index contributed by atoms with van der Waals surface area (Å²) >= 11 is 0.